The van der Waals surface area contributed by atoms with Gasteiger partial charge in [0.2, 0.25) is 5.82 Å². The molecule has 0 amide bonds. The van der Waals surface area contributed by atoms with Crippen LogP contribution in [-0.2, 0) is 16.1 Å². The van der Waals surface area contributed by atoms with E-state index in [2.05, 4.69) is 20.2 Å². The summed E-state index contributed by atoms with van der Waals surface area (Å²) in [6, 6.07) is 1.75. The summed E-state index contributed by atoms with van der Waals surface area (Å²) < 4.78 is 7.02. The van der Waals surface area contributed by atoms with Crippen LogP contribution in [0.25, 0.3) is 11.6 Å². The molecule has 0 fully saturated rings. The lowest BCUT2D eigenvalue weighted by Gasteiger charge is -2.21. The van der Waals surface area contributed by atoms with Gasteiger partial charge in [0.05, 0.1) is 6.61 Å². The number of hydrogen-bond acceptors (Lipinski definition) is 6. The van der Waals surface area contributed by atoms with E-state index in [1.54, 1.807) is 25.4 Å². The monoisotopic (exact) mass is 273 g/mol. The summed E-state index contributed by atoms with van der Waals surface area (Å²) >= 11 is 0. The third-order valence-electron chi connectivity index (χ3n) is 3.30. The van der Waals surface area contributed by atoms with Gasteiger partial charge in [-0.2, -0.15) is 0 Å². The number of hydrogen-bond donors (Lipinski definition) is 0. The van der Waals surface area contributed by atoms with E-state index in [0.717, 1.165) is 19.4 Å². The predicted octanol–water partition coefficient (Wildman–Crippen LogP) is 1.18. The fourth-order valence-corrected chi connectivity index (χ4v) is 2.42. The molecule has 0 saturated carbocycles. The number of carbonyl (C=O) groups excluding carboxylic acids is 1. The van der Waals surface area contributed by atoms with Crippen molar-refractivity contribution in [2.75, 3.05) is 6.61 Å². The second-order valence-electron chi connectivity index (χ2n) is 4.55. The molecule has 0 aromatic carbocycles. The van der Waals surface area contributed by atoms with Crippen molar-refractivity contribution in [1.29, 1.82) is 0 Å². The molecule has 7 heteroatoms. The van der Waals surface area contributed by atoms with Crippen molar-refractivity contribution in [3.05, 3.63) is 24.3 Å². The lowest BCUT2D eigenvalue weighted by atomic mass is 9.99. The van der Waals surface area contributed by atoms with Gasteiger partial charge in [-0.3, -0.25) is 4.79 Å². The molecule has 0 spiro atoms. The zero-order valence-corrected chi connectivity index (χ0v) is 11.2. The molecule has 104 valence electrons. The first-order valence-corrected chi connectivity index (χ1v) is 6.68. The van der Waals surface area contributed by atoms with Crippen molar-refractivity contribution in [3.63, 3.8) is 0 Å². The van der Waals surface area contributed by atoms with Crippen LogP contribution in [-0.4, -0.2) is 37.3 Å². The summed E-state index contributed by atoms with van der Waals surface area (Å²) in [5.41, 5.74) is 0. The summed E-state index contributed by atoms with van der Waals surface area (Å²) in [6.07, 6.45) is 4.95. The Bertz CT molecular complexity index is 610. The molecule has 1 atom stereocenters. The molecule has 1 aliphatic rings. The lowest BCUT2D eigenvalue weighted by molar-refractivity contribution is -0.145. The minimum atomic E-state index is -0.339. The second kappa shape index (κ2) is 5.36. The van der Waals surface area contributed by atoms with E-state index in [0.29, 0.717) is 24.1 Å². The van der Waals surface area contributed by atoms with Gasteiger partial charge >= 0.3 is 5.97 Å². The van der Waals surface area contributed by atoms with Gasteiger partial charge in [0.15, 0.2) is 5.82 Å². The molecular weight excluding hydrogens is 258 g/mol. The van der Waals surface area contributed by atoms with E-state index in [4.69, 9.17) is 4.74 Å². The minimum Gasteiger partial charge on any atom is -0.465 e. The Hall–Kier alpha value is -2.31. The van der Waals surface area contributed by atoms with Gasteiger partial charge in [0.25, 0.3) is 0 Å². The van der Waals surface area contributed by atoms with Crippen LogP contribution in [0.1, 0.15) is 31.5 Å². The Labute approximate surface area is 116 Å². The average Bonchev–Trinajstić information content (AvgIpc) is 2.92. The van der Waals surface area contributed by atoms with E-state index < -0.39 is 0 Å². The van der Waals surface area contributed by atoms with E-state index in [9.17, 15) is 4.79 Å². The van der Waals surface area contributed by atoms with Crippen LogP contribution in [0, 0.1) is 0 Å². The molecule has 1 unspecified atom stereocenters. The maximum Gasteiger partial charge on any atom is 0.316 e. The summed E-state index contributed by atoms with van der Waals surface area (Å²) in [7, 11) is 0. The van der Waals surface area contributed by atoms with Crippen molar-refractivity contribution >= 4 is 5.97 Å². The molecule has 0 bridgehead atoms. The lowest BCUT2D eigenvalue weighted by Crippen LogP contribution is -2.25. The highest BCUT2D eigenvalue weighted by Crippen LogP contribution is 2.29. The van der Waals surface area contributed by atoms with Crippen LogP contribution in [0.15, 0.2) is 18.5 Å². The molecule has 3 rings (SSSR count). The second-order valence-corrected chi connectivity index (χ2v) is 4.55. The highest BCUT2D eigenvalue weighted by molar-refractivity contribution is 5.77. The average molecular weight is 273 g/mol. The van der Waals surface area contributed by atoms with Crippen LogP contribution >= 0.6 is 0 Å². The molecule has 7 nitrogen and oxygen atoms in total. The van der Waals surface area contributed by atoms with Gasteiger partial charge in [-0.1, -0.05) is 0 Å². The van der Waals surface area contributed by atoms with E-state index in [-0.39, 0.29) is 11.9 Å². The van der Waals surface area contributed by atoms with Crippen molar-refractivity contribution in [3.8, 4) is 11.6 Å². The molecule has 20 heavy (non-hydrogen) atoms. The SMILES string of the molecule is CCOC(=O)C1CCCn2c(-c3ncccn3)nnc21. The molecule has 1 aliphatic heterocycles. The zero-order valence-electron chi connectivity index (χ0n) is 11.2. The third-order valence-corrected chi connectivity index (χ3v) is 3.30. The van der Waals surface area contributed by atoms with Crippen molar-refractivity contribution < 1.29 is 9.53 Å². The zero-order chi connectivity index (χ0) is 13.9. The molecule has 2 aromatic rings. The Balaban J connectivity index is 1.97. The quantitative estimate of drug-likeness (QED) is 0.781. The Morgan fingerprint density at radius 1 is 1.40 bits per heavy atom. The van der Waals surface area contributed by atoms with Crippen LogP contribution in [0.2, 0.25) is 0 Å². The number of esters is 1. The number of carbonyl (C=O) groups is 1. The first kappa shape index (κ1) is 12.7. The highest BCUT2D eigenvalue weighted by Gasteiger charge is 2.32. The van der Waals surface area contributed by atoms with Crippen molar-refractivity contribution in [2.45, 2.75) is 32.2 Å². The number of rotatable bonds is 3. The first-order valence-electron chi connectivity index (χ1n) is 6.68. The number of nitrogens with zero attached hydrogens (tertiary/aromatic N) is 5. The maximum atomic E-state index is 12.0. The summed E-state index contributed by atoms with van der Waals surface area (Å²) in [5.74, 6) is 1.21. The standard InChI is InChI=1S/C13H15N5O2/c1-2-20-13(19)9-5-3-8-18-11(9)16-17-12(18)10-14-6-4-7-15-10/h4,6-7,9H,2-3,5,8H2,1H3. The third kappa shape index (κ3) is 2.15. The van der Waals surface area contributed by atoms with Gasteiger partial charge in [0, 0.05) is 18.9 Å². The van der Waals surface area contributed by atoms with Crippen LogP contribution in [0.5, 0.6) is 0 Å². The van der Waals surface area contributed by atoms with Gasteiger partial charge in [-0.25, -0.2) is 9.97 Å². The maximum absolute atomic E-state index is 12.0. The summed E-state index contributed by atoms with van der Waals surface area (Å²) in [4.78, 5) is 20.3. The molecule has 0 radical (unpaired) electrons. The number of ether oxygens (including phenoxy) is 1. The van der Waals surface area contributed by atoms with Crippen LogP contribution < -0.4 is 0 Å². The smallest absolute Gasteiger partial charge is 0.316 e. The van der Waals surface area contributed by atoms with E-state index in [1.165, 1.54) is 0 Å². The van der Waals surface area contributed by atoms with E-state index in [1.807, 2.05) is 4.57 Å². The van der Waals surface area contributed by atoms with E-state index >= 15 is 0 Å². The Morgan fingerprint density at radius 3 is 2.95 bits per heavy atom. The summed E-state index contributed by atoms with van der Waals surface area (Å²) in [5, 5.41) is 8.29. The highest BCUT2D eigenvalue weighted by atomic mass is 16.5. The molecule has 0 saturated heterocycles. The van der Waals surface area contributed by atoms with Gasteiger partial charge in [0.1, 0.15) is 11.7 Å². The molecule has 0 N–H and O–H groups in total. The molecule has 2 aromatic heterocycles. The number of fused-ring (bicyclic) bond motifs is 1. The largest absolute Gasteiger partial charge is 0.465 e. The minimum absolute atomic E-state index is 0.235. The molecule has 0 aliphatic carbocycles. The van der Waals surface area contributed by atoms with Crippen molar-refractivity contribution in [1.82, 2.24) is 24.7 Å². The normalized spacial score (nSPS) is 17.6. The summed E-state index contributed by atoms with van der Waals surface area (Å²) in [6.45, 7) is 2.94. The number of aromatic nitrogens is 5. The Kier molecular flexibility index (Phi) is 3.41. The van der Waals surface area contributed by atoms with Crippen molar-refractivity contribution in [2.24, 2.45) is 0 Å². The van der Waals surface area contributed by atoms with Gasteiger partial charge in [-0.15, -0.1) is 10.2 Å². The van der Waals surface area contributed by atoms with Crippen LogP contribution in [0.3, 0.4) is 0 Å². The first-order chi connectivity index (χ1) is 9.81. The molecular formula is C13H15N5O2. The fourth-order valence-electron chi connectivity index (χ4n) is 2.42. The topological polar surface area (TPSA) is 82.8 Å². The molecule has 3 heterocycles. The Morgan fingerprint density at radius 2 is 2.20 bits per heavy atom. The van der Waals surface area contributed by atoms with Gasteiger partial charge in [-0.05, 0) is 25.8 Å². The van der Waals surface area contributed by atoms with Crippen LogP contribution in [0.4, 0.5) is 0 Å². The van der Waals surface area contributed by atoms with Gasteiger partial charge < -0.3 is 9.30 Å². The predicted molar refractivity (Wildman–Crippen MR) is 69.7 cm³/mol. The fraction of sp³-hybridized carbons (Fsp3) is 0.462.